The normalized spacial score (nSPS) is 10.5. The molecule has 0 unspecified atom stereocenters. The van der Waals surface area contributed by atoms with E-state index in [1.807, 2.05) is 30.3 Å². The Balaban J connectivity index is 1.77. The van der Waals surface area contributed by atoms with Crippen molar-refractivity contribution >= 4 is 0 Å². The van der Waals surface area contributed by atoms with Crippen molar-refractivity contribution in [1.82, 2.24) is 4.98 Å². The molecule has 0 spiro atoms. The Morgan fingerprint density at radius 1 is 0.833 bits per heavy atom. The van der Waals surface area contributed by atoms with E-state index in [2.05, 4.69) is 25.1 Å². The van der Waals surface area contributed by atoms with Gasteiger partial charge in [-0.2, -0.15) is 5.26 Å². The molecule has 2 aromatic rings. The Labute approximate surface area is 146 Å². The lowest BCUT2D eigenvalue weighted by molar-refractivity contribution is 0.574. The second kappa shape index (κ2) is 10.6. The summed E-state index contributed by atoms with van der Waals surface area (Å²) in [6, 6.07) is 16.0. The molecule has 24 heavy (non-hydrogen) atoms. The van der Waals surface area contributed by atoms with Crippen molar-refractivity contribution in [3.8, 4) is 17.3 Å². The molecule has 0 bridgehead atoms. The van der Waals surface area contributed by atoms with Crippen LogP contribution in [-0.4, -0.2) is 4.98 Å². The fraction of sp³-hybridized carbons (Fsp3) is 0.455. The summed E-state index contributed by atoms with van der Waals surface area (Å²) in [6.07, 6.45) is 11.8. The van der Waals surface area contributed by atoms with Gasteiger partial charge in [-0.15, -0.1) is 0 Å². The quantitative estimate of drug-likeness (QED) is 0.481. The fourth-order valence-corrected chi connectivity index (χ4v) is 2.94. The summed E-state index contributed by atoms with van der Waals surface area (Å²) >= 11 is 0. The van der Waals surface area contributed by atoms with Gasteiger partial charge in [-0.1, -0.05) is 70.1 Å². The second-order valence-electron chi connectivity index (χ2n) is 6.43. The van der Waals surface area contributed by atoms with Gasteiger partial charge in [-0.3, -0.25) is 4.98 Å². The highest BCUT2D eigenvalue weighted by Crippen LogP contribution is 2.19. The molecule has 1 aromatic heterocycles. The van der Waals surface area contributed by atoms with Gasteiger partial charge in [-0.05, 0) is 37.1 Å². The fourth-order valence-electron chi connectivity index (χ4n) is 2.94. The van der Waals surface area contributed by atoms with E-state index in [0.29, 0.717) is 5.56 Å². The summed E-state index contributed by atoms with van der Waals surface area (Å²) < 4.78 is 0. The summed E-state index contributed by atoms with van der Waals surface area (Å²) in [5.74, 6) is 0. The Morgan fingerprint density at radius 3 is 2.17 bits per heavy atom. The standard InChI is InChI=1S/C22H28N2/c1-2-3-4-5-6-7-8-9-11-21-12-10-13-22(24-21)20-16-14-19(18-23)15-17-20/h10,12-17H,2-9,11H2,1H3. The van der Waals surface area contributed by atoms with Crippen LogP contribution in [0.1, 0.15) is 69.5 Å². The van der Waals surface area contributed by atoms with Crippen molar-refractivity contribution in [3.63, 3.8) is 0 Å². The minimum atomic E-state index is 0.689. The van der Waals surface area contributed by atoms with Crippen molar-refractivity contribution < 1.29 is 0 Å². The van der Waals surface area contributed by atoms with E-state index in [0.717, 1.165) is 17.7 Å². The first-order chi connectivity index (χ1) is 11.8. The first-order valence-electron chi connectivity index (χ1n) is 9.30. The number of nitrogens with zero attached hydrogens (tertiary/aromatic N) is 2. The van der Waals surface area contributed by atoms with Crippen LogP contribution in [0.2, 0.25) is 0 Å². The van der Waals surface area contributed by atoms with E-state index in [9.17, 15) is 0 Å². The molecule has 0 saturated heterocycles. The van der Waals surface area contributed by atoms with E-state index in [-0.39, 0.29) is 0 Å². The number of aromatic nitrogens is 1. The minimum Gasteiger partial charge on any atom is -0.253 e. The SMILES string of the molecule is CCCCCCCCCCc1cccc(-c2ccc(C#N)cc2)n1. The van der Waals surface area contributed by atoms with Crippen molar-refractivity contribution in [2.24, 2.45) is 0 Å². The van der Waals surface area contributed by atoms with Crippen molar-refractivity contribution in [1.29, 1.82) is 5.26 Å². The average molecular weight is 320 g/mol. The van der Waals surface area contributed by atoms with Gasteiger partial charge in [0.2, 0.25) is 0 Å². The summed E-state index contributed by atoms with van der Waals surface area (Å²) in [6.45, 7) is 2.26. The van der Waals surface area contributed by atoms with Crippen LogP contribution in [0.5, 0.6) is 0 Å². The molecule has 2 rings (SSSR count). The summed E-state index contributed by atoms with van der Waals surface area (Å²) in [7, 11) is 0. The van der Waals surface area contributed by atoms with Crippen LogP contribution >= 0.6 is 0 Å². The van der Waals surface area contributed by atoms with Crippen molar-refractivity contribution in [2.45, 2.75) is 64.7 Å². The van der Waals surface area contributed by atoms with Crippen molar-refractivity contribution in [3.05, 3.63) is 53.7 Å². The molecule has 1 aromatic carbocycles. The predicted molar refractivity (Wildman–Crippen MR) is 101 cm³/mol. The maximum atomic E-state index is 8.88. The number of unbranched alkanes of at least 4 members (excludes halogenated alkanes) is 7. The lowest BCUT2D eigenvalue weighted by atomic mass is 10.1. The van der Waals surface area contributed by atoms with Crippen LogP contribution in [0.25, 0.3) is 11.3 Å². The summed E-state index contributed by atoms with van der Waals surface area (Å²) in [4.78, 5) is 4.77. The molecule has 0 aliphatic heterocycles. The number of benzene rings is 1. The number of nitriles is 1. The molecule has 0 amide bonds. The Bertz CT molecular complexity index is 638. The molecule has 0 fully saturated rings. The van der Waals surface area contributed by atoms with Crippen LogP contribution in [0.4, 0.5) is 0 Å². The monoisotopic (exact) mass is 320 g/mol. The number of hydrogen-bond acceptors (Lipinski definition) is 2. The largest absolute Gasteiger partial charge is 0.253 e. The first-order valence-corrected chi connectivity index (χ1v) is 9.30. The number of aryl methyl sites for hydroxylation is 1. The number of rotatable bonds is 10. The molecular weight excluding hydrogens is 292 g/mol. The molecule has 1 heterocycles. The zero-order valence-electron chi connectivity index (χ0n) is 14.8. The molecule has 126 valence electrons. The molecule has 0 N–H and O–H groups in total. The minimum absolute atomic E-state index is 0.689. The smallest absolute Gasteiger partial charge is 0.0991 e. The highest BCUT2D eigenvalue weighted by Gasteiger charge is 2.02. The molecular formula is C22H28N2. The van der Waals surface area contributed by atoms with Gasteiger partial charge in [0.1, 0.15) is 0 Å². The number of hydrogen-bond donors (Lipinski definition) is 0. The van der Waals surface area contributed by atoms with Crippen molar-refractivity contribution in [2.75, 3.05) is 0 Å². The molecule has 2 nitrogen and oxygen atoms in total. The lowest BCUT2D eigenvalue weighted by Crippen LogP contribution is -1.93. The van der Waals surface area contributed by atoms with Gasteiger partial charge in [0.15, 0.2) is 0 Å². The molecule has 0 aliphatic rings. The average Bonchev–Trinajstić information content (AvgIpc) is 2.64. The summed E-state index contributed by atoms with van der Waals surface area (Å²) in [5, 5.41) is 8.88. The third-order valence-corrected chi connectivity index (χ3v) is 4.40. The van der Waals surface area contributed by atoms with Crippen LogP contribution < -0.4 is 0 Å². The molecule has 2 heteroatoms. The Hall–Kier alpha value is -2.14. The highest BCUT2D eigenvalue weighted by atomic mass is 14.7. The van der Waals surface area contributed by atoms with E-state index >= 15 is 0 Å². The van der Waals surface area contributed by atoms with Crippen LogP contribution in [0, 0.1) is 11.3 Å². The van der Waals surface area contributed by atoms with E-state index in [1.165, 1.54) is 57.1 Å². The molecule has 0 aliphatic carbocycles. The van der Waals surface area contributed by atoms with Gasteiger partial charge in [0.05, 0.1) is 17.3 Å². The molecule has 0 saturated carbocycles. The summed E-state index contributed by atoms with van der Waals surface area (Å²) in [5.41, 5.74) is 3.93. The zero-order chi connectivity index (χ0) is 17.0. The number of pyridine rings is 1. The highest BCUT2D eigenvalue weighted by molar-refractivity contribution is 5.60. The topological polar surface area (TPSA) is 36.7 Å². The van der Waals surface area contributed by atoms with Crippen LogP contribution in [0.15, 0.2) is 42.5 Å². The predicted octanol–water partition coefficient (Wildman–Crippen LogP) is 6.30. The lowest BCUT2D eigenvalue weighted by Gasteiger charge is -2.05. The second-order valence-corrected chi connectivity index (χ2v) is 6.43. The van der Waals surface area contributed by atoms with Gasteiger partial charge >= 0.3 is 0 Å². The molecule has 0 radical (unpaired) electrons. The van der Waals surface area contributed by atoms with E-state index in [4.69, 9.17) is 10.2 Å². The maximum absolute atomic E-state index is 8.88. The van der Waals surface area contributed by atoms with Gasteiger partial charge in [0, 0.05) is 11.3 Å². The molecule has 0 atom stereocenters. The maximum Gasteiger partial charge on any atom is 0.0991 e. The Morgan fingerprint density at radius 2 is 1.50 bits per heavy atom. The first kappa shape index (κ1) is 18.2. The van der Waals surface area contributed by atoms with Gasteiger partial charge in [0.25, 0.3) is 0 Å². The van der Waals surface area contributed by atoms with Crippen LogP contribution in [0.3, 0.4) is 0 Å². The van der Waals surface area contributed by atoms with E-state index < -0.39 is 0 Å². The van der Waals surface area contributed by atoms with Gasteiger partial charge < -0.3 is 0 Å². The Kier molecular flexibility index (Phi) is 8.04. The van der Waals surface area contributed by atoms with Gasteiger partial charge in [-0.25, -0.2) is 0 Å². The van der Waals surface area contributed by atoms with Crippen LogP contribution in [-0.2, 0) is 6.42 Å². The zero-order valence-corrected chi connectivity index (χ0v) is 14.8. The third kappa shape index (κ3) is 6.16. The third-order valence-electron chi connectivity index (χ3n) is 4.40. The van der Waals surface area contributed by atoms with E-state index in [1.54, 1.807) is 0 Å².